The van der Waals surface area contributed by atoms with E-state index in [0.29, 0.717) is 0 Å². The average molecular weight is 259 g/mol. The maximum absolute atomic E-state index is 12.6. The van der Waals surface area contributed by atoms with E-state index in [1.54, 1.807) is 6.20 Å². The molecule has 1 aliphatic heterocycles. The smallest absolute Gasteiger partial charge is 0.256 e. The summed E-state index contributed by atoms with van der Waals surface area (Å²) in [5, 5.41) is 6.78. The molecule has 2 aromatic heterocycles. The number of hydrogen-bond donors (Lipinski definition) is 2. The number of hydrogen-bond acceptors (Lipinski definition) is 3. The van der Waals surface area contributed by atoms with Crippen LogP contribution in [0.5, 0.6) is 0 Å². The number of H-pyrrole nitrogens is 2. The Hall–Kier alpha value is -2.11. The first-order valence-corrected chi connectivity index (χ1v) is 6.57. The second-order valence-electron chi connectivity index (χ2n) is 4.90. The van der Waals surface area contributed by atoms with Gasteiger partial charge >= 0.3 is 0 Å². The van der Waals surface area contributed by atoms with Crippen LogP contribution in [0.15, 0.2) is 18.6 Å². The van der Waals surface area contributed by atoms with Gasteiger partial charge in [0.25, 0.3) is 5.91 Å². The summed E-state index contributed by atoms with van der Waals surface area (Å²) >= 11 is 0. The predicted molar refractivity (Wildman–Crippen MR) is 69.5 cm³/mol. The summed E-state index contributed by atoms with van der Waals surface area (Å²) in [5.41, 5.74) is 1.65. The standard InChI is InChI=1S/C13H17N5O/c1-9-10(5-6-14-9)13(19)18-7-3-2-4-11(18)12-15-8-16-17-12/h5-6,8,11,14H,2-4,7H2,1H3,(H,15,16,17). The highest BCUT2D eigenvalue weighted by Gasteiger charge is 2.31. The van der Waals surface area contributed by atoms with Crippen molar-refractivity contribution in [3.63, 3.8) is 0 Å². The highest BCUT2D eigenvalue weighted by atomic mass is 16.2. The van der Waals surface area contributed by atoms with Crippen molar-refractivity contribution in [3.8, 4) is 0 Å². The summed E-state index contributed by atoms with van der Waals surface area (Å²) in [6.07, 6.45) is 6.38. The van der Waals surface area contributed by atoms with Crippen molar-refractivity contribution in [1.29, 1.82) is 0 Å². The van der Waals surface area contributed by atoms with Gasteiger partial charge < -0.3 is 9.88 Å². The lowest BCUT2D eigenvalue weighted by Crippen LogP contribution is -2.39. The Kier molecular flexibility index (Phi) is 3.06. The van der Waals surface area contributed by atoms with Gasteiger partial charge in [0, 0.05) is 18.4 Å². The number of aryl methyl sites for hydroxylation is 1. The van der Waals surface area contributed by atoms with E-state index in [9.17, 15) is 4.79 Å². The Morgan fingerprint density at radius 2 is 2.37 bits per heavy atom. The summed E-state index contributed by atoms with van der Waals surface area (Å²) in [7, 11) is 0. The van der Waals surface area contributed by atoms with Gasteiger partial charge in [-0.15, -0.1) is 0 Å². The molecule has 6 nitrogen and oxygen atoms in total. The van der Waals surface area contributed by atoms with Crippen molar-refractivity contribution in [2.24, 2.45) is 0 Å². The van der Waals surface area contributed by atoms with E-state index in [-0.39, 0.29) is 11.9 Å². The van der Waals surface area contributed by atoms with E-state index in [2.05, 4.69) is 20.2 Å². The van der Waals surface area contributed by atoms with Crippen LogP contribution in [0.25, 0.3) is 0 Å². The molecule has 100 valence electrons. The van der Waals surface area contributed by atoms with Crippen molar-refractivity contribution in [2.45, 2.75) is 32.2 Å². The Morgan fingerprint density at radius 1 is 1.47 bits per heavy atom. The third kappa shape index (κ3) is 2.14. The van der Waals surface area contributed by atoms with Gasteiger partial charge in [-0.1, -0.05) is 0 Å². The number of amides is 1. The molecular weight excluding hydrogens is 242 g/mol. The molecular formula is C13H17N5O. The Bertz CT molecular complexity index is 559. The van der Waals surface area contributed by atoms with Crippen LogP contribution in [0.1, 0.15) is 47.2 Å². The molecule has 6 heteroatoms. The number of nitrogens with one attached hydrogen (secondary N) is 2. The molecule has 1 atom stereocenters. The predicted octanol–water partition coefficient (Wildman–Crippen LogP) is 1.81. The van der Waals surface area contributed by atoms with Crippen LogP contribution in [-0.2, 0) is 0 Å². The number of aromatic amines is 2. The third-order valence-electron chi connectivity index (χ3n) is 3.70. The highest BCUT2D eigenvalue weighted by Crippen LogP contribution is 2.30. The molecule has 1 saturated heterocycles. The van der Waals surface area contributed by atoms with Gasteiger partial charge in [0.2, 0.25) is 0 Å². The Labute approximate surface area is 111 Å². The first-order chi connectivity index (χ1) is 9.27. The van der Waals surface area contributed by atoms with Gasteiger partial charge in [-0.3, -0.25) is 9.89 Å². The number of carbonyl (C=O) groups is 1. The van der Waals surface area contributed by atoms with Gasteiger partial charge in [0.15, 0.2) is 0 Å². The summed E-state index contributed by atoms with van der Waals surface area (Å²) in [6.45, 7) is 2.69. The summed E-state index contributed by atoms with van der Waals surface area (Å²) in [5.74, 6) is 0.848. The van der Waals surface area contributed by atoms with Crippen LogP contribution in [0.4, 0.5) is 0 Å². The third-order valence-corrected chi connectivity index (χ3v) is 3.70. The van der Waals surface area contributed by atoms with Crippen molar-refractivity contribution in [1.82, 2.24) is 25.1 Å². The Morgan fingerprint density at radius 3 is 3.05 bits per heavy atom. The van der Waals surface area contributed by atoms with E-state index < -0.39 is 0 Å². The average Bonchev–Trinajstić information content (AvgIpc) is 3.09. The van der Waals surface area contributed by atoms with Crippen molar-refractivity contribution >= 4 is 5.91 Å². The number of nitrogens with zero attached hydrogens (tertiary/aromatic N) is 3. The fraction of sp³-hybridized carbons (Fsp3) is 0.462. The second kappa shape index (κ2) is 4.87. The molecule has 19 heavy (non-hydrogen) atoms. The molecule has 1 amide bonds. The van der Waals surface area contributed by atoms with Gasteiger partial charge in [-0.25, -0.2) is 4.98 Å². The molecule has 0 bridgehead atoms. The molecule has 2 aromatic rings. The number of aromatic nitrogens is 4. The maximum Gasteiger partial charge on any atom is 0.256 e. The summed E-state index contributed by atoms with van der Waals surface area (Å²) < 4.78 is 0. The molecule has 0 spiro atoms. The van der Waals surface area contributed by atoms with E-state index in [1.165, 1.54) is 6.33 Å². The van der Waals surface area contributed by atoms with Gasteiger partial charge in [-0.2, -0.15) is 5.10 Å². The van der Waals surface area contributed by atoms with E-state index >= 15 is 0 Å². The van der Waals surface area contributed by atoms with E-state index in [1.807, 2.05) is 17.9 Å². The van der Waals surface area contributed by atoms with Gasteiger partial charge in [0.05, 0.1) is 11.6 Å². The highest BCUT2D eigenvalue weighted by molar-refractivity contribution is 5.95. The zero-order valence-electron chi connectivity index (χ0n) is 10.9. The summed E-state index contributed by atoms with van der Waals surface area (Å²) in [6, 6.07) is 1.85. The fourth-order valence-corrected chi connectivity index (χ4v) is 2.67. The minimum absolute atomic E-state index is 0.0121. The topological polar surface area (TPSA) is 77.7 Å². The van der Waals surface area contributed by atoms with Crippen LogP contribution in [0, 0.1) is 6.92 Å². The lowest BCUT2D eigenvalue weighted by molar-refractivity contribution is 0.0600. The molecule has 0 aromatic carbocycles. The molecule has 0 radical (unpaired) electrons. The molecule has 2 N–H and O–H groups in total. The van der Waals surface area contributed by atoms with E-state index in [0.717, 1.165) is 42.9 Å². The molecule has 3 heterocycles. The van der Waals surface area contributed by atoms with Crippen molar-refractivity contribution in [2.75, 3.05) is 6.54 Å². The Balaban J connectivity index is 1.89. The molecule has 3 rings (SSSR count). The second-order valence-corrected chi connectivity index (χ2v) is 4.90. The largest absolute Gasteiger partial charge is 0.365 e. The SMILES string of the molecule is Cc1[nH]ccc1C(=O)N1CCCCC1c1ncn[nH]1. The first kappa shape index (κ1) is 12.0. The first-order valence-electron chi connectivity index (χ1n) is 6.57. The molecule has 1 fully saturated rings. The molecule has 1 unspecified atom stereocenters. The van der Waals surface area contributed by atoms with Crippen molar-refractivity contribution in [3.05, 3.63) is 35.7 Å². The molecule has 1 aliphatic rings. The number of likely N-dealkylation sites (tertiary alicyclic amines) is 1. The lowest BCUT2D eigenvalue weighted by Gasteiger charge is -2.34. The summed E-state index contributed by atoms with van der Waals surface area (Å²) in [4.78, 5) is 21.8. The monoisotopic (exact) mass is 259 g/mol. The van der Waals surface area contributed by atoms with Crippen LogP contribution in [-0.4, -0.2) is 37.5 Å². The zero-order chi connectivity index (χ0) is 13.2. The molecule has 0 saturated carbocycles. The van der Waals surface area contributed by atoms with Gasteiger partial charge in [-0.05, 0) is 32.3 Å². The lowest BCUT2D eigenvalue weighted by atomic mass is 10.0. The molecule has 0 aliphatic carbocycles. The zero-order valence-corrected chi connectivity index (χ0v) is 10.9. The normalized spacial score (nSPS) is 19.6. The van der Waals surface area contributed by atoms with Crippen LogP contribution >= 0.6 is 0 Å². The van der Waals surface area contributed by atoms with Crippen LogP contribution < -0.4 is 0 Å². The van der Waals surface area contributed by atoms with E-state index in [4.69, 9.17) is 0 Å². The number of rotatable bonds is 2. The minimum Gasteiger partial charge on any atom is -0.365 e. The minimum atomic E-state index is 0.0121. The van der Waals surface area contributed by atoms with Crippen molar-refractivity contribution < 1.29 is 4.79 Å². The maximum atomic E-state index is 12.6. The van der Waals surface area contributed by atoms with Crippen LogP contribution in [0.2, 0.25) is 0 Å². The van der Waals surface area contributed by atoms with Gasteiger partial charge in [0.1, 0.15) is 12.2 Å². The fourth-order valence-electron chi connectivity index (χ4n) is 2.67. The number of carbonyl (C=O) groups excluding carboxylic acids is 1. The number of piperidine rings is 1. The quantitative estimate of drug-likeness (QED) is 0.863. The van der Waals surface area contributed by atoms with Crippen LogP contribution in [0.3, 0.4) is 0 Å².